The van der Waals surface area contributed by atoms with Crippen LogP contribution in [0.1, 0.15) is 82.3 Å². The van der Waals surface area contributed by atoms with Gasteiger partial charge in [0.1, 0.15) is 11.5 Å². The third-order valence-corrected chi connectivity index (χ3v) is 8.40. The van der Waals surface area contributed by atoms with Crippen LogP contribution in [0.3, 0.4) is 0 Å². The molecule has 30 heavy (non-hydrogen) atoms. The highest BCUT2D eigenvalue weighted by Gasteiger charge is 2.58. The van der Waals surface area contributed by atoms with Crippen molar-refractivity contribution in [1.29, 1.82) is 0 Å². The molecule has 0 saturated heterocycles. The molecular formula is C26H37NO3. The average Bonchev–Trinajstić information content (AvgIpc) is 2.99. The quantitative estimate of drug-likeness (QED) is 0.639. The van der Waals surface area contributed by atoms with Crippen molar-refractivity contribution in [2.24, 2.45) is 23.2 Å². The minimum absolute atomic E-state index is 0.0515. The molecule has 0 heterocycles. The van der Waals surface area contributed by atoms with Gasteiger partial charge < -0.3 is 10.1 Å². The zero-order chi connectivity index (χ0) is 21.3. The lowest BCUT2D eigenvalue weighted by molar-refractivity contribution is -0.129. The van der Waals surface area contributed by atoms with Gasteiger partial charge >= 0.3 is 0 Å². The highest BCUT2D eigenvalue weighted by Crippen LogP contribution is 2.62. The van der Waals surface area contributed by atoms with E-state index in [-0.39, 0.29) is 11.3 Å². The summed E-state index contributed by atoms with van der Waals surface area (Å²) in [7, 11) is 1.74. The number of rotatable bonds is 7. The molecule has 1 N–H and O–H groups in total. The summed E-state index contributed by atoms with van der Waals surface area (Å²) in [6.45, 7) is 4.62. The summed E-state index contributed by atoms with van der Waals surface area (Å²) in [4.78, 5) is 24.1. The zero-order valence-corrected chi connectivity index (χ0v) is 18.8. The molecule has 1 unspecified atom stereocenters. The van der Waals surface area contributed by atoms with Crippen LogP contribution in [-0.4, -0.2) is 25.3 Å². The lowest BCUT2D eigenvalue weighted by Crippen LogP contribution is -2.44. The van der Waals surface area contributed by atoms with Crippen molar-refractivity contribution in [3.05, 3.63) is 29.3 Å². The molecule has 2 fully saturated rings. The van der Waals surface area contributed by atoms with Crippen LogP contribution in [0.5, 0.6) is 5.75 Å². The van der Waals surface area contributed by atoms with E-state index in [4.69, 9.17) is 4.74 Å². The van der Waals surface area contributed by atoms with Gasteiger partial charge in [0, 0.05) is 25.3 Å². The summed E-state index contributed by atoms with van der Waals surface area (Å²) in [5.41, 5.74) is 2.87. The Balaban J connectivity index is 1.45. The topological polar surface area (TPSA) is 55.4 Å². The number of hydrogen-bond acceptors (Lipinski definition) is 3. The van der Waals surface area contributed by atoms with E-state index >= 15 is 0 Å². The smallest absolute Gasteiger partial charge is 0.216 e. The second-order valence-electron chi connectivity index (χ2n) is 10.1. The Kier molecular flexibility index (Phi) is 6.22. The van der Waals surface area contributed by atoms with Gasteiger partial charge in [0.25, 0.3) is 0 Å². The summed E-state index contributed by atoms with van der Waals surface area (Å²) in [5, 5.41) is 2.89. The number of hydrogen-bond donors (Lipinski definition) is 1. The summed E-state index contributed by atoms with van der Waals surface area (Å²) >= 11 is 0. The minimum Gasteiger partial charge on any atom is -0.497 e. The van der Waals surface area contributed by atoms with Gasteiger partial charge in [-0.3, -0.25) is 9.59 Å². The number of nitrogens with one attached hydrogen (secondary N) is 1. The van der Waals surface area contributed by atoms with Gasteiger partial charge in [0.15, 0.2) is 0 Å². The number of aryl methyl sites for hydroxylation is 1. The maximum Gasteiger partial charge on any atom is 0.216 e. The Hall–Kier alpha value is -1.84. The summed E-state index contributed by atoms with van der Waals surface area (Å²) in [6.07, 6.45) is 9.77. The van der Waals surface area contributed by atoms with E-state index in [0.717, 1.165) is 63.7 Å². The fourth-order valence-corrected chi connectivity index (χ4v) is 6.98. The van der Waals surface area contributed by atoms with Crippen LogP contribution in [0.2, 0.25) is 0 Å². The summed E-state index contributed by atoms with van der Waals surface area (Å²) < 4.78 is 5.45. The Morgan fingerprint density at radius 2 is 2.07 bits per heavy atom. The predicted octanol–water partition coefficient (Wildman–Crippen LogP) is 5.04. The van der Waals surface area contributed by atoms with Crippen LogP contribution in [-0.2, 0) is 16.0 Å². The number of carbonyl (C=O) groups excluding carboxylic acids is 2. The monoisotopic (exact) mass is 411 g/mol. The molecular weight excluding hydrogens is 374 g/mol. The van der Waals surface area contributed by atoms with E-state index < -0.39 is 0 Å². The molecule has 0 bridgehead atoms. The SMILES string of the molecule is COc1ccc2c(c1)CC[C@@H]1[C@@H]2CC[C@]2(C)C(=O)CC(CCCCCNC(C)=O)[C@@H]12. The standard InChI is InChI=1S/C26H37NO3/c1-17(28)27-14-6-4-5-7-19-16-24(29)26(2)13-12-22-21-11-9-20(30-3)15-18(21)8-10-23(22)25(19)26/h9,11,15,19,22-23,25H,4-8,10,12-14,16H2,1-3H3,(H,27,28)/t19?,22-,23-,25+,26-/m1/s1. The Morgan fingerprint density at radius 3 is 2.83 bits per heavy atom. The van der Waals surface area contributed by atoms with E-state index in [1.807, 2.05) is 0 Å². The normalized spacial score (nSPS) is 32.2. The van der Waals surface area contributed by atoms with Crippen LogP contribution in [0.15, 0.2) is 18.2 Å². The molecule has 1 aromatic rings. The number of ketones is 1. The van der Waals surface area contributed by atoms with Crippen LogP contribution in [0.4, 0.5) is 0 Å². The van der Waals surface area contributed by atoms with Crippen molar-refractivity contribution in [2.75, 3.05) is 13.7 Å². The molecule has 3 aliphatic carbocycles. The van der Waals surface area contributed by atoms with Gasteiger partial charge in [-0.05, 0) is 85.5 Å². The van der Waals surface area contributed by atoms with Gasteiger partial charge in [-0.25, -0.2) is 0 Å². The molecule has 164 valence electrons. The maximum absolute atomic E-state index is 13.1. The first kappa shape index (κ1) is 21.4. The van der Waals surface area contributed by atoms with Gasteiger partial charge in [0.2, 0.25) is 5.91 Å². The third-order valence-electron chi connectivity index (χ3n) is 8.40. The number of benzene rings is 1. The van der Waals surface area contributed by atoms with Crippen LogP contribution < -0.4 is 10.1 Å². The Morgan fingerprint density at radius 1 is 1.23 bits per heavy atom. The molecule has 4 heteroatoms. The van der Waals surface area contributed by atoms with Crippen molar-refractivity contribution in [2.45, 2.75) is 77.6 Å². The number of carbonyl (C=O) groups is 2. The van der Waals surface area contributed by atoms with E-state index in [1.54, 1.807) is 14.0 Å². The molecule has 3 aliphatic rings. The minimum atomic E-state index is -0.105. The average molecular weight is 412 g/mol. The summed E-state index contributed by atoms with van der Waals surface area (Å²) in [5.74, 6) is 3.85. The predicted molar refractivity (Wildman–Crippen MR) is 119 cm³/mol. The second kappa shape index (κ2) is 8.72. The van der Waals surface area contributed by atoms with Gasteiger partial charge in [-0.15, -0.1) is 0 Å². The number of fused-ring (bicyclic) bond motifs is 5. The van der Waals surface area contributed by atoms with Crippen molar-refractivity contribution in [3.63, 3.8) is 0 Å². The lowest BCUT2D eigenvalue weighted by Gasteiger charge is -2.50. The summed E-state index contributed by atoms with van der Waals surface area (Å²) in [6, 6.07) is 6.63. The molecule has 4 nitrogen and oxygen atoms in total. The number of ether oxygens (including phenoxy) is 1. The molecule has 1 aromatic carbocycles. The highest BCUT2D eigenvalue weighted by molar-refractivity contribution is 5.87. The number of Topliss-reactive ketones (excluding diaryl/α,β-unsaturated/α-hetero) is 1. The number of amides is 1. The van der Waals surface area contributed by atoms with Crippen molar-refractivity contribution < 1.29 is 14.3 Å². The largest absolute Gasteiger partial charge is 0.497 e. The maximum atomic E-state index is 13.1. The molecule has 5 atom stereocenters. The fraction of sp³-hybridized carbons (Fsp3) is 0.692. The molecule has 4 rings (SSSR count). The molecule has 2 saturated carbocycles. The van der Waals surface area contributed by atoms with E-state index in [9.17, 15) is 9.59 Å². The molecule has 0 radical (unpaired) electrons. The Bertz CT molecular complexity index is 803. The molecule has 0 aliphatic heterocycles. The first-order valence-corrected chi connectivity index (χ1v) is 11.9. The van der Waals surface area contributed by atoms with Crippen LogP contribution in [0.25, 0.3) is 0 Å². The van der Waals surface area contributed by atoms with Crippen LogP contribution >= 0.6 is 0 Å². The fourth-order valence-electron chi connectivity index (χ4n) is 6.98. The van der Waals surface area contributed by atoms with E-state index in [0.29, 0.717) is 29.5 Å². The number of unbranched alkanes of at least 4 members (excludes halogenated alkanes) is 2. The molecule has 1 amide bonds. The Labute approximate surface area is 181 Å². The zero-order valence-electron chi connectivity index (χ0n) is 18.8. The van der Waals surface area contributed by atoms with Crippen molar-refractivity contribution in [1.82, 2.24) is 5.32 Å². The third kappa shape index (κ3) is 3.90. The van der Waals surface area contributed by atoms with Crippen molar-refractivity contribution in [3.8, 4) is 5.75 Å². The van der Waals surface area contributed by atoms with Crippen molar-refractivity contribution >= 4 is 11.7 Å². The molecule has 0 aromatic heterocycles. The highest BCUT2D eigenvalue weighted by atomic mass is 16.5. The van der Waals surface area contributed by atoms with Gasteiger partial charge in [0.05, 0.1) is 7.11 Å². The number of methoxy groups -OCH3 is 1. The first-order valence-electron chi connectivity index (χ1n) is 11.9. The van der Waals surface area contributed by atoms with Gasteiger partial charge in [-0.1, -0.05) is 25.8 Å². The van der Waals surface area contributed by atoms with Gasteiger partial charge in [-0.2, -0.15) is 0 Å². The lowest BCUT2D eigenvalue weighted by atomic mass is 9.54. The van der Waals surface area contributed by atoms with E-state index in [2.05, 4.69) is 30.4 Å². The van der Waals surface area contributed by atoms with E-state index in [1.165, 1.54) is 17.5 Å². The second-order valence-corrected chi connectivity index (χ2v) is 10.1. The van der Waals surface area contributed by atoms with Crippen LogP contribution in [0, 0.1) is 23.2 Å². The molecule has 0 spiro atoms. The first-order chi connectivity index (χ1) is 14.4.